The van der Waals surface area contributed by atoms with Crippen molar-refractivity contribution in [3.8, 4) is 0 Å². The van der Waals surface area contributed by atoms with Crippen molar-refractivity contribution < 1.29 is 4.79 Å². The van der Waals surface area contributed by atoms with Crippen molar-refractivity contribution in [1.82, 2.24) is 9.97 Å². The quantitative estimate of drug-likeness (QED) is 0.545. The van der Waals surface area contributed by atoms with E-state index in [9.17, 15) is 4.79 Å². The first kappa shape index (κ1) is 13.8. The van der Waals surface area contributed by atoms with Gasteiger partial charge < -0.3 is 0 Å². The van der Waals surface area contributed by atoms with E-state index in [0.29, 0.717) is 12.0 Å². The number of rotatable bonds is 4. The average molecular weight is 287 g/mol. The van der Waals surface area contributed by atoms with Gasteiger partial charge in [0.25, 0.3) is 0 Å². The molecule has 0 atom stereocenters. The van der Waals surface area contributed by atoms with E-state index in [-0.39, 0.29) is 5.82 Å². The number of carbonyl (C=O) groups excluding carboxylic acids is 1. The van der Waals surface area contributed by atoms with Gasteiger partial charge >= 0.3 is 0 Å². The minimum atomic E-state index is 0.153. The lowest BCUT2D eigenvalue weighted by molar-refractivity contribution is 0.111. The zero-order valence-corrected chi connectivity index (χ0v) is 11.8. The van der Waals surface area contributed by atoms with Gasteiger partial charge in [-0.2, -0.15) is 0 Å². The zero-order valence-electron chi connectivity index (χ0n) is 11.8. The third-order valence-corrected chi connectivity index (χ3v) is 3.10. The van der Waals surface area contributed by atoms with Crippen LogP contribution >= 0.6 is 0 Å². The van der Waals surface area contributed by atoms with Crippen LogP contribution in [-0.4, -0.2) is 22.0 Å². The fraction of sp³-hybridized carbons (Fsp3) is 0. The molecule has 0 spiro atoms. The Balaban J connectivity index is 2.08. The van der Waals surface area contributed by atoms with Crippen LogP contribution in [0.5, 0.6) is 0 Å². The Morgan fingerprint density at radius 3 is 1.77 bits per heavy atom. The van der Waals surface area contributed by atoms with Crippen LogP contribution in [0.2, 0.25) is 0 Å². The highest BCUT2D eigenvalue weighted by Crippen LogP contribution is 2.16. The number of nitrogens with zero attached hydrogens (tertiary/aromatic N) is 3. The summed E-state index contributed by atoms with van der Waals surface area (Å²) in [6.45, 7) is 0. The molecule has 0 aliphatic heterocycles. The minimum Gasteiger partial charge on any atom is -0.294 e. The molecule has 1 heterocycles. The predicted molar refractivity (Wildman–Crippen MR) is 85.6 cm³/mol. The Morgan fingerprint density at radius 2 is 1.32 bits per heavy atom. The average Bonchev–Trinajstić information content (AvgIpc) is 2.62. The van der Waals surface area contributed by atoms with Gasteiger partial charge in [0.15, 0.2) is 12.1 Å². The molecule has 3 aromatic rings. The molecule has 106 valence electrons. The molecule has 0 fully saturated rings. The number of benzene rings is 2. The third kappa shape index (κ3) is 3.12. The highest BCUT2D eigenvalue weighted by molar-refractivity contribution is 6.13. The Bertz CT molecular complexity index is 740. The summed E-state index contributed by atoms with van der Waals surface area (Å²) in [7, 11) is 0. The minimum absolute atomic E-state index is 0.153. The van der Waals surface area contributed by atoms with Crippen LogP contribution < -0.4 is 0 Å². The van der Waals surface area contributed by atoms with Gasteiger partial charge in [-0.25, -0.2) is 15.0 Å². The van der Waals surface area contributed by atoms with Crippen molar-refractivity contribution in [3.63, 3.8) is 0 Å². The summed E-state index contributed by atoms with van der Waals surface area (Å²) in [5, 5.41) is 0. The van der Waals surface area contributed by atoms with Crippen molar-refractivity contribution in [3.05, 3.63) is 90.0 Å². The first-order valence-electron chi connectivity index (χ1n) is 6.83. The summed E-state index contributed by atoms with van der Waals surface area (Å²) in [5.41, 5.74) is 3.46. The summed E-state index contributed by atoms with van der Waals surface area (Å²) in [6, 6.07) is 19.8. The van der Waals surface area contributed by atoms with Crippen LogP contribution in [0.4, 0.5) is 5.69 Å². The number of hydrogen-bond donors (Lipinski definition) is 0. The molecular weight excluding hydrogens is 274 g/mol. The van der Waals surface area contributed by atoms with Crippen molar-refractivity contribution in [2.45, 2.75) is 0 Å². The van der Waals surface area contributed by atoms with Crippen molar-refractivity contribution in [2.75, 3.05) is 0 Å². The van der Waals surface area contributed by atoms with Crippen LogP contribution in [0, 0.1) is 0 Å². The SMILES string of the molecule is O=Cc1ncc(N=C(c2ccccc2)c2ccccc2)cn1. The summed E-state index contributed by atoms with van der Waals surface area (Å²) in [4.78, 5) is 23.2. The Labute approximate surface area is 128 Å². The molecule has 0 N–H and O–H groups in total. The number of hydrogen-bond acceptors (Lipinski definition) is 4. The van der Waals surface area contributed by atoms with Crippen molar-refractivity contribution in [2.24, 2.45) is 4.99 Å². The molecule has 1 aromatic heterocycles. The Morgan fingerprint density at radius 1 is 0.818 bits per heavy atom. The molecule has 4 nitrogen and oxygen atoms in total. The van der Waals surface area contributed by atoms with E-state index in [1.54, 1.807) is 12.4 Å². The van der Waals surface area contributed by atoms with E-state index in [1.807, 2.05) is 60.7 Å². The number of aromatic nitrogens is 2. The molecule has 0 amide bonds. The second kappa shape index (κ2) is 6.54. The molecule has 3 rings (SSSR count). The fourth-order valence-electron chi connectivity index (χ4n) is 2.07. The molecule has 2 aromatic carbocycles. The van der Waals surface area contributed by atoms with E-state index in [2.05, 4.69) is 15.0 Å². The lowest BCUT2D eigenvalue weighted by atomic mass is 10.0. The van der Waals surface area contributed by atoms with Gasteiger partial charge in [0.2, 0.25) is 0 Å². The smallest absolute Gasteiger partial charge is 0.192 e. The van der Waals surface area contributed by atoms with Gasteiger partial charge in [-0.3, -0.25) is 4.79 Å². The maximum absolute atomic E-state index is 10.6. The topological polar surface area (TPSA) is 55.2 Å². The van der Waals surface area contributed by atoms with E-state index >= 15 is 0 Å². The second-order valence-electron chi connectivity index (χ2n) is 4.61. The first-order valence-corrected chi connectivity index (χ1v) is 6.83. The van der Waals surface area contributed by atoms with Gasteiger partial charge in [0, 0.05) is 11.1 Å². The maximum atomic E-state index is 10.6. The van der Waals surface area contributed by atoms with Crippen molar-refractivity contribution >= 4 is 17.7 Å². The normalized spacial score (nSPS) is 10.0. The van der Waals surface area contributed by atoms with Crippen LogP contribution in [0.1, 0.15) is 21.7 Å². The first-order chi connectivity index (χ1) is 10.9. The van der Waals surface area contributed by atoms with Crippen LogP contribution in [0.15, 0.2) is 78.0 Å². The fourth-order valence-corrected chi connectivity index (χ4v) is 2.07. The van der Waals surface area contributed by atoms with E-state index in [1.165, 1.54) is 0 Å². The van der Waals surface area contributed by atoms with Crippen LogP contribution in [0.25, 0.3) is 0 Å². The number of aldehydes is 1. The predicted octanol–water partition coefficient (Wildman–Crippen LogP) is 3.46. The highest BCUT2D eigenvalue weighted by atomic mass is 16.1. The molecule has 0 radical (unpaired) electrons. The van der Waals surface area contributed by atoms with E-state index in [0.717, 1.165) is 16.8 Å². The Hall–Kier alpha value is -3.14. The van der Waals surface area contributed by atoms with Crippen LogP contribution in [0.3, 0.4) is 0 Å². The molecule has 0 saturated heterocycles. The van der Waals surface area contributed by atoms with Crippen LogP contribution in [-0.2, 0) is 0 Å². The molecule has 22 heavy (non-hydrogen) atoms. The summed E-state index contributed by atoms with van der Waals surface area (Å²) >= 11 is 0. The van der Waals surface area contributed by atoms with E-state index < -0.39 is 0 Å². The molecule has 4 heteroatoms. The maximum Gasteiger partial charge on any atom is 0.192 e. The zero-order chi connectivity index (χ0) is 15.2. The van der Waals surface area contributed by atoms with Gasteiger partial charge in [-0.15, -0.1) is 0 Å². The second-order valence-corrected chi connectivity index (χ2v) is 4.61. The van der Waals surface area contributed by atoms with Gasteiger partial charge in [-0.1, -0.05) is 60.7 Å². The highest BCUT2D eigenvalue weighted by Gasteiger charge is 2.07. The monoisotopic (exact) mass is 287 g/mol. The number of carbonyl (C=O) groups is 1. The summed E-state index contributed by atoms with van der Waals surface area (Å²) in [5.74, 6) is 0.153. The summed E-state index contributed by atoms with van der Waals surface area (Å²) < 4.78 is 0. The largest absolute Gasteiger partial charge is 0.294 e. The van der Waals surface area contributed by atoms with Crippen molar-refractivity contribution in [1.29, 1.82) is 0 Å². The third-order valence-electron chi connectivity index (χ3n) is 3.10. The van der Waals surface area contributed by atoms with Gasteiger partial charge in [-0.05, 0) is 0 Å². The molecule has 0 aliphatic rings. The van der Waals surface area contributed by atoms with E-state index in [4.69, 9.17) is 0 Å². The molecule has 0 saturated carbocycles. The molecule has 0 bridgehead atoms. The molecular formula is C18H13N3O. The lowest BCUT2D eigenvalue weighted by Crippen LogP contribution is -2.02. The standard InChI is InChI=1S/C18H13N3O/c22-13-17-19-11-16(12-20-17)21-18(14-7-3-1-4-8-14)15-9-5-2-6-10-15/h1-13H. The molecule has 0 unspecified atom stereocenters. The van der Waals surface area contributed by atoms with Gasteiger partial charge in [0.05, 0.1) is 18.1 Å². The lowest BCUT2D eigenvalue weighted by Gasteiger charge is -2.07. The van der Waals surface area contributed by atoms with Gasteiger partial charge in [0.1, 0.15) is 5.69 Å². The Kier molecular flexibility index (Phi) is 4.11. The summed E-state index contributed by atoms with van der Waals surface area (Å²) in [6.07, 6.45) is 3.70. The number of aliphatic imine (C=N–C) groups is 1. The molecule has 0 aliphatic carbocycles.